The molecular weight excluding hydrogens is 286 g/mol. The molecular formula is C6H6BF9O2. The van der Waals surface area contributed by atoms with Gasteiger partial charge in [-0.25, -0.2) is 0 Å². The molecule has 2 nitrogen and oxygen atoms in total. The molecule has 0 aliphatic heterocycles. The Balaban J connectivity index is 4.35. The summed E-state index contributed by atoms with van der Waals surface area (Å²) in [5.41, 5.74) is 0. The van der Waals surface area contributed by atoms with Crippen LogP contribution in [0.3, 0.4) is 0 Å². The molecule has 0 N–H and O–H groups in total. The van der Waals surface area contributed by atoms with E-state index in [0.717, 1.165) is 0 Å². The summed E-state index contributed by atoms with van der Waals surface area (Å²) in [6.07, 6.45) is -17.0. The Labute approximate surface area is 95.2 Å². The summed E-state index contributed by atoms with van der Waals surface area (Å²) in [6, 6.07) is 0. The van der Waals surface area contributed by atoms with Gasteiger partial charge in [0.05, 0.1) is 6.32 Å². The lowest BCUT2D eigenvalue weighted by Gasteiger charge is -2.18. The molecule has 0 rings (SSSR count). The minimum atomic E-state index is -5.01. The summed E-state index contributed by atoms with van der Waals surface area (Å²) in [7, 11) is -2.66. The Morgan fingerprint density at radius 2 is 0.944 bits per heavy atom. The molecule has 0 saturated heterocycles. The molecule has 0 atom stereocenters. The lowest BCUT2D eigenvalue weighted by atomic mass is 9.84. The van der Waals surface area contributed by atoms with Crippen LogP contribution in [0.1, 0.15) is 0 Å². The van der Waals surface area contributed by atoms with Crippen LogP contribution < -0.4 is 0 Å². The average molecular weight is 292 g/mol. The molecule has 0 fully saturated rings. The van der Waals surface area contributed by atoms with Gasteiger partial charge in [0.15, 0.2) is 0 Å². The molecule has 12 heteroatoms. The third kappa shape index (κ3) is 11.8. The van der Waals surface area contributed by atoms with E-state index in [9.17, 15) is 39.5 Å². The van der Waals surface area contributed by atoms with Gasteiger partial charge in [-0.1, -0.05) is 0 Å². The standard InChI is InChI=1S/C6H6BF9O2/c8-4(9,10)1-7(17-2-5(11,12)13)18-3-6(14,15)16/h1-3H2. The van der Waals surface area contributed by atoms with E-state index >= 15 is 0 Å². The van der Waals surface area contributed by atoms with E-state index < -0.39 is 45.2 Å². The van der Waals surface area contributed by atoms with Gasteiger partial charge in [0, 0.05) is 0 Å². The third-order valence-electron chi connectivity index (χ3n) is 1.26. The van der Waals surface area contributed by atoms with Crippen molar-refractivity contribution >= 4 is 7.12 Å². The van der Waals surface area contributed by atoms with E-state index in [4.69, 9.17) is 0 Å². The largest absolute Gasteiger partial charge is 0.466 e. The number of hydrogen-bond acceptors (Lipinski definition) is 2. The Bertz CT molecular complexity index is 227. The quantitative estimate of drug-likeness (QED) is 0.572. The van der Waals surface area contributed by atoms with Crippen molar-refractivity contribution < 1.29 is 48.8 Å². The molecule has 0 aromatic carbocycles. The number of hydrogen-bond donors (Lipinski definition) is 0. The fourth-order valence-corrected chi connectivity index (χ4v) is 0.730. The van der Waals surface area contributed by atoms with Crippen LogP contribution in [-0.4, -0.2) is 38.9 Å². The second-order valence-corrected chi connectivity index (χ2v) is 3.10. The van der Waals surface area contributed by atoms with E-state index in [2.05, 4.69) is 9.31 Å². The number of rotatable bonds is 5. The van der Waals surface area contributed by atoms with E-state index in [1.165, 1.54) is 0 Å². The normalized spacial score (nSPS) is 13.8. The maximum Gasteiger partial charge on any atom is 0.466 e. The van der Waals surface area contributed by atoms with E-state index in [-0.39, 0.29) is 0 Å². The van der Waals surface area contributed by atoms with Gasteiger partial charge in [-0.15, -0.1) is 0 Å². The molecule has 0 unspecified atom stereocenters. The molecule has 0 heterocycles. The van der Waals surface area contributed by atoms with E-state index in [1.807, 2.05) is 0 Å². The highest BCUT2D eigenvalue weighted by Crippen LogP contribution is 2.26. The number of halogens is 9. The Morgan fingerprint density at radius 1 is 0.611 bits per heavy atom. The topological polar surface area (TPSA) is 18.5 Å². The van der Waals surface area contributed by atoms with Crippen LogP contribution >= 0.6 is 0 Å². The highest BCUT2D eigenvalue weighted by atomic mass is 19.4. The minimum absolute atomic E-state index is 2.07. The second-order valence-electron chi connectivity index (χ2n) is 3.10. The zero-order valence-corrected chi connectivity index (χ0v) is 8.42. The first-order valence-electron chi connectivity index (χ1n) is 4.22. The number of alkyl halides is 9. The zero-order chi connectivity index (χ0) is 14.6. The first kappa shape index (κ1) is 17.4. The molecule has 18 heavy (non-hydrogen) atoms. The van der Waals surface area contributed by atoms with Gasteiger partial charge in [-0.05, 0) is 0 Å². The molecule has 0 aromatic heterocycles. The van der Waals surface area contributed by atoms with Crippen LogP contribution in [0, 0.1) is 0 Å². The van der Waals surface area contributed by atoms with Crippen LogP contribution in [-0.2, 0) is 9.31 Å². The minimum Gasteiger partial charge on any atom is -0.402 e. The predicted molar refractivity (Wildman–Crippen MR) is 40.6 cm³/mol. The van der Waals surface area contributed by atoms with Crippen LogP contribution in [0.25, 0.3) is 0 Å². The van der Waals surface area contributed by atoms with Crippen molar-refractivity contribution in [2.45, 2.75) is 24.8 Å². The smallest absolute Gasteiger partial charge is 0.402 e. The zero-order valence-electron chi connectivity index (χ0n) is 8.42. The van der Waals surface area contributed by atoms with Crippen molar-refractivity contribution in [1.82, 2.24) is 0 Å². The van der Waals surface area contributed by atoms with Crippen LogP contribution in [0.2, 0.25) is 6.32 Å². The molecule has 0 bridgehead atoms. The van der Waals surface area contributed by atoms with Gasteiger partial charge < -0.3 is 9.31 Å². The summed E-state index contributed by atoms with van der Waals surface area (Å²) < 4.78 is 113. The molecule has 0 aliphatic rings. The van der Waals surface area contributed by atoms with Gasteiger partial charge in [0.25, 0.3) is 0 Å². The fraction of sp³-hybridized carbons (Fsp3) is 1.00. The van der Waals surface area contributed by atoms with Crippen LogP contribution in [0.15, 0.2) is 0 Å². The average Bonchev–Trinajstić information content (AvgIpc) is 2.05. The van der Waals surface area contributed by atoms with Crippen molar-refractivity contribution in [1.29, 1.82) is 0 Å². The summed E-state index contributed by atoms with van der Waals surface area (Å²) in [5.74, 6) is 0. The Hall–Kier alpha value is -0.645. The lowest BCUT2D eigenvalue weighted by Crippen LogP contribution is -2.35. The Morgan fingerprint density at radius 3 is 1.17 bits per heavy atom. The van der Waals surface area contributed by atoms with Gasteiger partial charge in [-0.3, -0.25) is 0 Å². The SMILES string of the molecule is FC(F)(F)COB(CC(F)(F)F)OCC(F)(F)F. The fourth-order valence-electron chi connectivity index (χ4n) is 0.730. The lowest BCUT2D eigenvalue weighted by molar-refractivity contribution is -0.173. The molecule has 0 aliphatic carbocycles. The maximum atomic E-state index is 11.8. The van der Waals surface area contributed by atoms with Crippen molar-refractivity contribution in [2.24, 2.45) is 0 Å². The second kappa shape index (κ2) is 6.00. The summed E-state index contributed by atoms with van der Waals surface area (Å²) >= 11 is 0. The van der Waals surface area contributed by atoms with Gasteiger partial charge >= 0.3 is 25.6 Å². The van der Waals surface area contributed by atoms with Crippen molar-refractivity contribution in [3.63, 3.8) is 0 Å². The first-order chi connectivity index (χ1) is 7.79. The van der Waals surface area contributed by atoms with Gasteiger partial charge in [0.1, 0.15) is 13.2 Å². The molecule has 0 radical (unpaired) electrons. The van der Waals surface area contributed by atoms with E-state index in [0.29, 0.717) is 0 Å². The van der Waals surface area contributed by atoms with Crippen LogP contribution in [0.5, 0.6) is 0 Å². The Kier molecular flexibility index (Phi) is 5.78. The summed E-state index contributed by atoms with van der Waals surface area (Å²) in [5, 5.41) is 0. The highest BCUT2D eigenvalue weighted by molar-refractivity contribution is 6.44. The van der Waals surface area contributed by atoms with Crippen molar-refractivity contribution in [3.05, 3.63) is 0 Å². The first-order valence-corrected chi connectivity index (χ1v) is 4.22. The molecule has 0 amide bonds. The van der Waals surface area contributed by atoms with Gasteiger partial charge in [0.2, 0.25) is 0 Å². The molecule has 0 spiro atoms. The van der Waals surface area contributed by atoms with Gasteiger partial charge in [-0.2, -0.15) is 39.5 Å². The van der Waals surface area contributed by atoms with E-state index in [1.54, 1.807) is 0 Å². The monoisotopic (exact) mass is 292 g/mol. The van der Waals surface area contributed by atoms with Crippen molar-refractivity contribution in [2.75, 3.05) is 13.2 Å². The summed E-state index contributed by atoms with van der Waals surface area (Å²) in [4.78, 5) is 0. The third-order valence-corrected chi connectivity index (χ3v) is 1.26. The molecule has 108 valence electrons. The highest BCUT2D eigenvalue weighted by Gasteiger charge is 2.42. The van der Waals surface area contributed by atoms with Crippen LogP contribution in [0.4, 0.5) is 39.5 Å². The maximum absolute atomic E-state index is 11.8. The molecule has 0 saturated carbocycles. The molecule has 0 aromatic rings. The predicted octanol–water partition coefficient (Wildman–Crippen LogP) is 3.19. The van der Waals surface area contributed by atoms with Crippen molar-refractivity contribution in [3.8, 4) is 0 Å². The summed E-state index contributed by atoms with van der Waals surface area (Å²) in [6.45, 7) is -4.27.